The number of nitrogens with zero attached hydrogens (tertiary/aromatic N) is 2. The Morgan fingerprint density at radius 1 is 0.868 bits per heavy atom. The van der Waals surface area contributed by atoms with Crippen LogP contribution in [0.25, 0.3) is 33.6 Å². The van der Waals surface area contributed by atoms with Crippen LogP contribution in [0.3, 0.4) is 0 Å². The second-order valence-corrected chi connectivity index (χ2v) is 10.2. The highest BCUT2D eigenvalue weighted by Gasteiger charge is 2.51. The van der Waals surface area contributed by atoms with Crippen molar-refractivity contribution in [3.8, 4) is 33.6 Å². The summed E-state index contributed by atoms with van der Waals surface area (Å²) in [7, 11) is 0. The third-order valence-corrected chi connectivity index (χ3v) is 7.69. The lowest BCUT2D eigenvalue weighted by molar-refractivity contribution is -0.140. The van der Waals surface area contributed by atoms with Gasteiger partial charge in [0.15, 0.2) is 5.76 Å². The zero-order valence-corrected chi connectivity index (χ0v) is 21.4. The van der Waals surface area contributed by atoms with E-state index in [0.717, 1.165) is 50.4 Å². The van der Waals surface area contributed by atoms with Crippen molar-refractivity contribution >= 4 is 5.97 Å². The molecule has 0 unspecified atom stereocenters. The summed E-state index contributed by atoms with van der Waals surface area (Å²) in [5.41, 5.74) is 9.80. The molecular formula is C33H28N2O3. The molecule has 2 heterocycles. The summed E-state index contributed by atoms with van der Waals surface area (Å²) < 4.78 is 5.79. The highest BCUT2D eigenvalue weighted by Crippen LogP contribution is 2.48. The maximum Gasteiger partial charge on any atom is 0.314 e. The lowest BCUT2D eigenvalue weighted by Gasteiger charge is -2.11. The molecule has 188 valence electrons. The zero-order valence-electron chi connectivity index (χ0n) is 21.4. The van der Waals surface area contributed by atoms with Crippen LogP contribution in [0.1, 0.15) is 40.8 Å². The molecule has 1 aliphatic rings. The first-order valence-electron chi connectivity index (χ1n) is 12.8. The molecule has 6 rings (SSSR count). The molecule has 0 spiro atoms. The van der Waals surface area contributed by atoms with E-state index in [2.05, 4.69) is 53.5 Å². The number of pyridine rings is 1. The lowest BCUT2D eigenvalue weighted by Crippen LogP contribution is -2.19. The molecule has 0 amide bonds. The van der Waals surface area contributed by atoms with Crippen molar-refractivity contribution in [2.45, 2.75) is 38.5 Å². The Morgan fingerprint density at radius 3 is 2.18 bits per heavy atom. The summed E-state index contributed by atoms with van der Waals surface area (Å²) >= 11 is 0. The minimum absolute atomic E-state index is 0.673. The molecule has 0 atom stereocenters. The van der Waals surface area contributed by atoms with Gasteiger partial charge in [-0.25, -0.2) is 0 Å². The molecule has 5 nitrogen and oxygen atoms in total. The number of carbonyl (C=O) groups is 1. The minimum atomic E-state index is -0.731. The second-order valence-electron chi connectivity index (χ2n) is 10.2. The number of hydrogen-bond acceptors (Lipinski definition) is 4. The van der Waals surface area contributed by atoms with E-state index in [1.807, 2.05) is 61.8 Å². The third-order valence-electron chi connectivity index (χ3n) is 7.69. The zero-order chi connectivity index (χ0) is 26.3. The van der Waals surface area contributed by atoms with Crippen LogP contribution in [0.4, 0.5) is 0 Å². The van der Waals surface area contributed by atoms with E-state index >= 15 is 0 Å². The van der Waals surface area contributed by atoms with Crippen LogP contribution in [0.15, 0.2) is 95.8 Å². The van der Waals surface area contributed by atoms with Gasteiger partial charge in [-0.3, -0.25) is 9.78 Å². The molecule has 1 fully saturated rings. The predicted molar refractivity (Wildman–Crippen MR) is 148 cm³/mol. The van der Waals surface area contributed by atoms with E-state index in [0.29, 0.717) is 19.3 Å². The molecule has 0 radical (unpaired) electrons. The van der Waals surface area contributed by atoms with Crippen molar-refractivity contribution < 1.29 is 14.4 Å². The first kappa shape index (κ1) is 23.9. The van der Waals surface area contributed by atoms with Gasteiger partial charge in [-0.2, -0.15) is 0 Å². The molecule has 5 aromatic rings. The average molecular weight is 501 g/mol. The lowest BCUT2D eigenvalue weighted by atomic mass is 9.93. The summed E-state index contributed by atoms with van der Waals surface area (Å²) in [5.74, 6) is 0.0354. The number of carboxylic acids is 1. The number of aliphatic carboxylic acids is 1. The largest absolute Gasteiger partial charge is 0.481 e. The van der Waals surface area contributed by atoms with Gasteiger partial charge in [-0.1, -0.05) is 78.0 Å². The number of benzene rings is 3. The van der Waals surface area contributed by atoms with Crippen molar-refractivity contribution in [1.29, 1.82) is 0 Å². The van der Waals surface area contributed by atoms with Crippen molar-refractivity contribution in [3.05, 3.63) is 119 Å². The first-order chi connectivity index (χ1) is 18.4. The SMILES string of the molecule is Cc1ccccc1-c1cncc(Cc2c(C)noc2-c2ccc(-c3ccc(C4(C(=O)O)CC4)cc3)cc2)c1. The van der Waals surface area contributed by atoms with Crippen molar-refractivity contribution in [2.75, 3.05) is 0 Å². The van der Waals surface area contributed by atoms with Gasteiger partial charge in [0.25, 0.3) is 0 Å². The smallest absolute Gasteiger partial charge is 0.314 e. The standard InChI is InChI=1S/C33H28N2O3/c1-21-5-3-4-6-29(21)27-17-23(19-34-20-27)18-30-22(2)35-38-31(30)26-9-7-24(8-10-26)25-11-13-28(14-12-25)33(15-16-33)32(36)37/h3-14,17,19-20H,15-16,18H2,1-2H3,(H,36,37). The van der Waals surface area contributed by atoms with E-state index in [-0.39, 0.29) is 0 Å². The molecule has 0 saturated heterocycles. The molecule has 5 heteroatoms. The fourth-order valence-electron chi connectivity index (χ4n) is 5.20. The number of hydrogen-bond donors (Lipinski definition) is 1. The van der Waals surface area contributed by atoms with Crippen LogP contribution in [-0.2, 0) is 16.6 Å². The molecule has 1 N–H and O–H groups in total. The van der Waals surface area contributed by atoms with Crippen LogP contribution in [0.2, 0.25) is 0 Å². The third kappa shape index (κ3) is 4.30. The van der Waals surface area contributed by atoms with Crippen LogP contribution in [0.5, 0.6) is 0 Å². The van der Waals surface area contributed by atoms with E-state index in [4.69, 9.17) is 4.52 Å². The number of aromatic nitrogens is 2. The average Bonchev–Trinajstić information content (AvgIpc) is 3.69. The molecule has 38 heavy (non-hydrogen) atoms. The molecule has 1 saturated carbocycles. The van der Waals surface area contributed by atoms with Gasteiger partial charge in [0.2, 0.25) is 0 Å². The van der Waals surface area contributed by atoms with Gasteiger partial charge in [-0.15, -0.1) is 0 Å². The van der Waals surface area contributed by atoms with Crippen LogP contribution in [0, 0.1) is 13.8 Å². The van der Waals surface area contributed by atoms with Gasteiger partial charge in [0.05, 0.1) is 11.1 Å². The van der Waals surface area contributed by atoms with Gasteiger partial charge in [0, 0.05) is 35.5 Å². The summed E-state index contributed by atoms with van der Waals surface area (Å²) in [6, 6.07) is 26.7. The van der Waals surface area contributed by atoms with Crippen molar-refractivity contribution in [2.24, 2.45) is 0 Å². The Kier molecular flexibility index (Phi) is 5.91. The Labute approximate surface area is 221 Å². The highest BCUT2D eigenvalue weighted by molar-refractivity contribution is 5.85. The van der Waals surface area contributed by atoms with E-state index < -0.39 is 11.4 Å². The van der Waals surface area contributed by atoms with Gasteiger partial charge < -0.3 is 9.63 Å². The first-order valence-corrected chi connectivity index (χ1v) is 12.8. The topological polar surface area (TPSA) is 76.2 Å². The Balaban J connectivity index is 1.25. The van der Waals surface area contributed by atoms with Crippen molar-refractivity contribution in [3.63, 3.8) is 0 Å². The molecule has 0 aliphatic heterocycles. The molecule has 3 aromatic carbocycles. The quantitative estimate of drug-likeness (QED) is 0.252. The normalized spacial score (nSPS) is 13.8. The summed E-state index contributed by atoms with van der Waals surface area (Å²) in [4.78, 5) is 16.1. The summed E-state index contributed by atoms with van der Waals surface area (Å²) in [5, 5.41) is 13.8. The number of rotatable bonds is 7. The van der Waals surface area contributed by atoms with Gasteiger partial charge in [-0.05, 0) is 66.1 Å². The van der Waals surface area contributed by atoms with Crippen LogP contribution < -0.4 is 0 Å². The predicted octanol–water partition coefficient (Wildman–Crippen LogP) is 7.39. The summed E-state index contributed by atoms with van der Waals surface area (Å²) in [6.07, 6.45) is 5.90. The Bertz CT molecular complexity index is 1630. The van der Waals surface area contributed by atoms with Gasteiger partial charge >= 0.3 is 5.97 Å². The maximum absolute atomic E-state index is 11.6. The highest BCUT2D eigenvalue weighted by atomic mass is 16.5. The van der Waals surface area contributed by atoms with E-state index in [1.54, 1.807) is 0 Å². The maximum atomic E-state index is 11.6. The van der Waals surface area contributed by atoms with Crippen LogP contribution >= 0.6 is 0 Å². The Hall–Kier alpha value is -4.51. The fraction of sp³-hybridized carbons (Fsp3) is 0.182. The number of aryl methyl sites for hydroxylation is 2. The molecule has 2 aromatic heterocycles. The molecule has 0 bridgehead atoms. The van der Waals surface area contributed by atoms with E-state index in [9.17, 15) is 9.90 Å². The fourth-order valence-corrected chi connectivity index (χ4v) is 5.20. The Morgan fingerprint density at radius 2 is 1.53 bits per heavy atom. The van der Waals surface area contributed by atoms with E-state index in [1.165, 1.54) is 11.1 Å². The molecular weight excluding hydrogens is 472 g/mol. The summed E-state index contributed by atoms with van der Waals surface area (Å²) in [6.45, 7) is 4.09. The number of carboxylic acid groups (broad SMARTS) is 1. The second kappa shape index (κ2) is 9.42. The molecule has 1 aliphatic carbocycles. The van der Waals surface area contributed by atoms with Crippen molar-refractivity contribution in [1.82, 2.24) is 10.1 Å². The van der Waals surface area contributed by atoms with Gasteiger partial charge in [0.1, 0.15) is 0 Å². The minimum Gasteiger partial charge on any atom is -0.481 e. The monoisotopic (exact) mass is 500 g/mol. The van der Waals surface area contributed by atoms with Crippen LogP contribution in [-0.4, -0.2) is 21.2 Å².